The molecular weight excluding hydrogens is 524 g/mol. The Hall–Kier alpha value is -3.17. The van der Waals surface area contributed by atoms with Crippen molar-refractivity contribution >= 4 is 23.5 Å². The monoisotopic (exact) mass is 568 g/mol. The minimum Gasteiger partial charge on any atom is -0.497 e. The van der Waals surface area contributed by atoms with Crippen LogP contribution in [-0.2, 0) is 23.9 Å². The first kappa shape index (κ1) is 30.8. The van der Waals surface area contributed by atoms with E-state index in [-0.39, 0.29) is 31.6 Å². The van der Waals surface area contributed by atoms with E-state index < -0.39 is 35.0 Å². The number of amides is 2. The van der Waals surface area contributed by atoms with Crippen LogP contribution in [0.1, 0.15) is 58.3 Å². The van der Waals surface area contributed by atoms with Gasteiger partial charge in [-0.15, -0.1) is 13.2 Å². The largest absolute Gasteiger partial charge is 0.497 e. The molecule has 3 saturated heterocycles. The fraction of sp³-hybridized carbons (Fsp3) is 0.594. The third-order valence-corrected chi connectivity index (χ3v) is 8.98. The summed E-state index contributed by atoms with van der Waals surface area (Å²) in [6.07, 6.45) is 8.38. The normalized spacial score (nSPS) is 27.9. The number of aliphatic hydroxyl groups is 1. The fourth-order valence-corrected chi connectivity index (χ4v) is 7.02. The van der Waals surface area contributed by atoms with Crippen molar-refractivity contribution in [3.05, 3.63) is 49.6 Å². The van der Waals surface area contributed by atoms with Crippen LogP contribution in [0, 0.1) is 11.8 Å². The Morgan fingerprint density at radius 3 is 2.54 bits per heavy atom. The first-order chi connectivity index (χ1) is 19.8. The Balaban J connectivity index is 1.72. The molecule has 3 fully saturated rings. The van der Waals surface area contributed by atoms with Crippen LogP contribution in [0.4, 0.5) is 5.69 Å². The maximum Gasteiger partial charge on any atom is 0.312 e. The summed E-state index contributed by atoms with van der Waals surface area (Å²) >= 11 is 0. The van der Waals surface area contributed by atoms with Crippen LogP contribution >= 0.6 is 0 Å². The summed E-state index contributed by atoms with van der Waals surface area (Å²) in [7, 11) is 1.58. The average molecular weight is 569 g/mol. The average Bonchev–Trinajstić information content (AvgIpc) is 3.59. The highest BCUT2D eigenvalue weighted by Gasteiger charge is 2.79. The Bertz CT molecular complexity index is 1120. The Labute approximate surface area is 243 Å². The molecule has 1 N–H and O–H groups in total. The number of likely N-dealkylation sites (tertiary alicyclic amines) is 1. The summed E-state index contributed by atoms with van der Waals surface area (Å²) in [6.45, 7) is 10.4. The van der Waals surface area contributed by atoms with E-state index in [0.29, 0.717) is 62.9 Å². The lowest BCUT2D eigenvalue weighted by Gasteiger charge is -2.37. The third kappa shape index (κ3) is 5.54. The summed E-state index contributed by atoms with van der Waals surface area (Å²) < 4.78 is 17.8. The Morgan fingerprint density at radius 1 is 1.15 bits per heavy atom. The topological polar surface area (TPSA) is 106 Å². The van der Waals surface area contributed by atoms with Crippen LogP contribution < -0.4 is 9.64 Å². The molecule has 1 aromatic rings. The third-order valence-electron chi connectivity index (χ3n) is 8.98. The smallest absolute Gasteiger partial charge is 0.312 e. The lowest BCUT2D eigenvalue weighted by Crippen LogP contribution is -2.56. The van der Waals surface area contributed by atoms with Crippen LogP contribution in [0.3, 0.4) is 0 Å². The number of hydrogen-bond donors (Lipinski definition) is 1. The first-order valence-corrected chi connectivity index (χ1v) is 14.8. The van der Waals surface area contributed by atoms with Crippen molar-refractivity contribution in [2.24, 2.45) is 11.8 Å². The van der Waals surface area contributed by atoms with Crippen molar-refractivity contribution in [2.75, 3.05) is 38.3 Å². The van der Waals surface area contributed by atoms with E-state index in [9.17, 15) is 19.5 Å². The molecule has 3 aliphatic heterocycles. The highest BCUT2D eigenvalue weighted by molar-refractivity contribution is 6.04. The fourth-order valence-electron chi connectivity index (χ4n) is 7.02. The van der Waals surface area contributed by atoms with Gasteiger partial charge in [0.2, 0.25) is 5.91 Å². The van der Waals surface area contributed by atoms with Crippen molar-refractivity contribution in [2.45, 2.75) is 75.5 Å². The van der Waals surface area contributed by atoms with Gasteiger partial charge in [0.25, 0.3) is 5.91 Å². The van der Waals surface area contributed by atoms with E-state index in [1.807, 2.05) is 19.1 Å². The zero-order valence-corrected chi connectivity index (χ0v) is 24.4. The van der Waals surface area contributed by atoms with Crippen molar-refractivity contribution in [1.82, 2.24) is 4.90 Å². The summed E-state index contributed by atoms with van der Waals surface area (Å²) in [6, 6.07) is 6.29. The highest BCUT2D eigenvalue weighted by Crippen LogP contribution is 2.64. The van der Waals surface area contributed by atoms with Gasteiger partial charge in [0.15, 0.2) is 0 Å². The van der Waals surface area contributed by atoms with E-state index in [1.54, 1.807) is 41.2 Å². The predicted molar refractivity (Wildman–Crippen MR) is 155 cm³/mol. The van der Waals surface area contributed by atoms with Crippen LogP contribution in [0.5, 0.6) is 5.75 Å². The van der Waals surface area contributed by atoms with Crippen molar-refractivity contribution in [3.63, 3.8) is 0 Å². The number of rotatable bonds is 16. The molecule has 41 heavy (non-hydrogen) atoms. The van der Waals surface area contributed by atoms with Gasteiger partial charge in [0.1, 0.15) is 23.3 Å². The molecule has 9 nitrogen and oxygen atoms in total. The van der Waals surface area contributed by atoms with Gasteiger partial charge in [-0.3, -0.25) is 14.4 Å². The molecule has 0 radical (unpaired) electrons. The molecule has 0 aromatic heterocycles. The number of methoxy groups -OCH3 is 1. The van der Waals surface area contributed by atoms with Gasteiger partial charge in [-0.05, 0) is 75.6 Å². The van der Waals surface area contributed by atoms with Crippen molar-refractivity contribution in [1.29, 1.82) is 0 Å². The van der Waals surface area contributed by atoms with Gasteiger partial charge in [0, 0.05) is 25.4 Å². The van der Waals surface area contributed by atoms with Crippen LogP contribution in [0.25, 0.3) is 0 Å². The molecule has 2 amide bonds. The molecule has 2 bridgehead atoms. The molecule has 1 spiro atoms. The molecule has 1 aromatic carbocycles. The standard InChI is InChI=1S/C32H44N2O7/c1-5-8-12-22-40-30(38)26-25-28(36)34(20-10-9-11-21-35)27(32(25)18-17-31(26,7-3)41-32)29(37)33(19-6-2)23-13-15-24(39-4)16-14-23/h5-6,13-16,25-27,35H,1-2,7-12,17-22H2,3-4H3/t25-,26-,27?,31+,32?/m0/s1. The predicted octanol–water partition coefficient (Wildman–Crippen LogP) is 4.04. The molecular formula is C32H44N2O7. The molecule has 5 atom stereocenters. The van der Waals surface area contributed by atoms with Crippen LogP contribution in [-0.4, -0.2) is 78.4 Å². The zero-order chi connectivity index (χ0) is 29.6. The first-order valence-electron chi connectivity index (χ1n) is 14.8. The number of ether oxygens (including phenoxy) is 3. The Kier molecular flexibility index (Phi) is 9.92. The van der Waals surface area contributed by atoms with E-state index in [1.165, 1.54) is 0 Å². The zero-order valence-electron chi connectivity index (χ0n) is 24.4. The summed E-state index contributed by atoms with van der Waals surface area (Å²) in [5.41, 5.74) is -1.32. The van der Waals surface area contributed by atoms with Gasteiger partial charge in [0.05, 0.1) is 25.2 Å². The van der Waals surface area contributed by atoms with Crippen LogP contribution in [0.15, 0.2) is 49.6 Å². The molecule has 2 unspecified atom stereocenters. The van der Waals surface area contributed by atoms with Crippen molar-refractivity contribution in [3.8, 4) is 5.75 Å². The second-order valence-corrected chi connectivity index (χ2v) is 11.2. The van der Waals surface area contributed by atoms with Gasteiger partial charge in [-0.1, -0.05) is 19.1 Å². The number of benzene rings is 1. The van der Waals surface area contributed by atoms with Crippen molar-refractivity contribution < 1.29 is 33.7 Å². The number of esters is 1. The number of nitrogens with zero attached hydrogens (tertiary/aromatic N) is 2. The number of fused-ring (bicyclic) bond motifs is 1. The minimum atomic E-state index is -1.13. The lowest BCUT2D eigenvalue weighted by atomic mass is 9.65. The maximum atomic E-state index is 14.6. The van der Waals surface area contributed by atoms with Gasteiger partial charge in [-0.25, -0.2) is 0 Å². The second kappa shape index (κ2) is 13.2. The number of carbonyl (C=O) groups excluding carboxylic acids is 3. The van der Waals surface area contributed by atoms with E-state index in [0.717, 1.165) is 6.42 Å². The number of carbonyl (C=O) groups is 3. The second-order valence-electron chi connectivity index (χ2n) is 11.2. The van der Waals surface area contributed by atoms with E-state index in [4.69, 9.17) is 14.2 Å². The van der Waals surface area contributed by atoms with E-state index in [2.05, 4.69) is 13.2 Å². The molecule has 9 heteroatoms. The van der Waals surface area contributed by atoms with Gasteiger partial charge in [-0.2, -0.15) is 0 Å². The number of unbranched alkanes of at least 4 members (excludes halogenated alkanes) is 3. The van der Waals surface area contributed by atoms with Crippen LogP contribution in [0.2, 0.25) is 0 Å². The summed E-state index contributed by atoms with van der Waals surface area (Å²) in [4.78, 5) is 45.7. The molecule has 0 saturated carbocycles. The number of hydrogen-bond acceptors (Lipinski definition) is 7. The maximum absolute atomic E-state index is 14.6. The lowest BCUT2D eigenvalue weighted by molar-refractivity contribution is -0.161. The quantitative estimate of drug-likeness (QED) is 0.182. The summed E-state index contributed by atoms with van der Waals surface area (Å²) in [5, 5.41) is 9.28. The Morgan fingerprint density at radius 2 is 1.90 bits per heavy atom. The van der Waals surface area contributed by atoms with E-state index >= 15 is 0 Å². The number of allylic oxidation sites excluding steroid dienone is 1. The molecule has 224 valence electrons. The molecule has 0 aliphatic carbocycles. The minimum absolute atomic E-state index is 0.0648. The van der Waals surface area contributed by atoms with Gasteiger partial charge < -0.3 is 29.1 Å². The molecule has 3 heterocycles. The number of aliphatic hydroxyl groups excluding tert-OH is 1. The summed E-state index contributed by atoms with van der Waals surface area (Å²) in [5.74, 6) is -1.83. The molecule has 4 rings (SSSR count). The number of anilines is 1. The SMILES string of the molecule is C=CCCCOC(=O)[C@@H]1[C@H]2C(=O)N(CCCCCO)C(C(=O)N(CC=C)c3ccc(OC)cc3)C23CC[C@@]1(CC)O3. The highest BCUT2D eigenvalue weighted by atomic mass is 16.6. The molecule has 3 aliphatic rings. The van der Waals surface area contributed by atoms with Gasteiger partial charge >= 0.3 is 5.97 Å².